The number of ether oxygens (including phenoxy) is 1. The van der Waals surface area contributed by atoms with Crippen LogP contribution >= 0.6 is 11.8 Å². The lowest BCUT2D eigenvalue weighted by Crippen LogP contribution is -2.25. The normalized spacial score (nSPS) is 21.1. The van der Waals surface area contributed by atoms with Crippen molar-refractivity contribution in [1.82, 2.24) is 5.32 Å². The highest BCUT2D eigenvalue weighted by Gasteiger charge is 2.36. The zero-order chi connectivity index (χ0) is 16.3. The van der Waals surface area contributed by atoms with Gasteiger partial charge in [-0.1, -0.05) is 13.8 Å². The van der Waals surface area contributed by atoms with Crippen LogP contribution in [0.25, 0.3) is 0 Å². The monoisotopic (exact) mass is 324 g/mol. The van der Waals surface area contributed by atoms with Crippen molar-refractivity contribution in [3.63, 3.8) is 0 Å². The van der Waals surface area contributed by atoms with E-state index in [0.29, 0.717) is 18.2 Å². The number of rotatable bonds is 5. The number of nitrogens with one attached hydrogen (secondary N) is 1. The summed E-state index contributed by atoms with van der Waals surface area (Å²) >= 11 is 1.64. The fourth-order valence-electron chi connectivity index (χ4n) is 2.69. The number of hydrogen-bond acceptors (Lipinski definition) is 6. The molecule has 2 atom stereocenters. The summed E-state index contributed by atoms with van der Waals surface area (Å²) in [5.41, 5.74) is 0.848. The Labute approximate surface area is 133 Å². The van der Waals surface area contributed by atoms with Gasteiger partial charge in [0.1, 0.15) is 0 Å². The summed E-state index contributed by atoms with van der Waals surface area (Å²) in [4.78, 5) is 23.6. The quantitative estimate of drug-likeness (QED) is 0.388. The molecule has 2 unspecified atom stereocenters. The molecule has 1 aliphatic rings. The molecule has 1 aromatic carbocycles. The van der Waals surface area contributed by atoms with Crippen LogP contribution in [0.3, 0.4) is 0 Å². The van der Waals surface area contributed by atoms with Gasteiger partial charge >= 0.3 is 5.97 Å². The minimum atomic E-state index is -0.407. The molecule has 120 valence electrons. The van der Waals surface area contributed by atoms with Crippen LogP contribution in [0.4, 0.5) is 5.69 Å². The summed E-state index contributed by atoms with van der Waals surface area (Å²) in [6.45, 7) is 4.82. The highest BCUT2D eigenvalue weighted by molar-refractivity contribution is 8.00. The number of methoxy groups -OCH3 is 1. The number of esters is 1. The van der Waals surface area contributed by atoms with Gasteiger partial charge in [0.05, 0.1) is 18.0 Å². The number of nitrogens with zero attached hydrogens (tertiary/aromatic N) is 1. The van der Waals surface area contributed by atoms with Gasteiger partial charge in [-0.25, -0.2) is 0 Å². The highest BCUT2D eigenvalue weighted by Crippen LogP contribution is 2.39. The Morgan fingerprint density at radius 2 is 2.23 bits per heavy atom. The Bertz CT molecular complexity index is 577. The van der Waals surface area contributed by atoms with Crippen molar-refractivity contribution in [3.8, 4) is 0 Å². The van der Waals surface area contributed by atoms with E-state index in [1.807, 2.05) is 0 Å². The van der Waals surface area contributed by atoms with Crippen molar-refractivity contribution in [2.45, 2.75) is 36.5 Å². The van der Waals surface area contributed by atoms with Crippen LogP contribution in [0, 0.1) is 16.0 Å². The molecule has 1 aromatic rings. The number of benzene rings is 1. The maximum atomic E-state index is 11.9. The predicted octanol–water partition coefficient (Wildman–Crippen LogP) is 2.92. The molecular weight excluding hydrogens is 304 g/mol. The second-order valence-electron chi connectivity index (χ2n) is 5.50. The third-order valence-corrected chi connectivity index (χ3v) is 4.72. The molecule has 1 N–H and O–H groups in total. The van der Waals surface area contributed by atoms with Crippen LogP contribution < -0.4 is 5.32 Å². The first-order chi connectivity index (χ1) is 10.4. The van der Waals surface area contributed by atoms with Crippen LogP contribution in [0.5, 0.6) is 0 Å². The molecule has 0 saturated carbocycles. The van der Waals surface area contributed by atoms with Gasteiger partial charge in [0.25, 0.3) is 5.69 Å². The Hall–Kier alpha value is -1.60. The molecule has 0 bridgehead atoms. The van der Waals surface area contributed by atoms with E-state index in [-0.39, 0.29) is 23.6 Å². The van der Waals surface area contributed by atoms with E-state index < -0.39 is 4.92 Å². The molecule has 1 heterocycles. The highest BCUT2D eigenvalue weighted by atomic mass is 32.2. The van der Waals surface area contributed by atoms with E-state index in [9.17, 15) is 14.9 Å². The fraction of sp³-hybridized carbons (Fsp3) is 0.533. The number of nitro groups is 1. The van der Waals surface area contributed by atoms with E-state index in [4.69, 9.17) is 4.74 Å². The molecule has 6 nitrogen and oxygen atoms in total. The lowest BCUT2D eigenvalue weighted by atomic mass is 9.94. The van der Waals surface area contributed by atoms with Crippen LogP contribution in [0.15, 0.2) is 23.1 Å². The Kier molecular flexibility index (Phi) is 5.42. The largest absolute Gasteiger partial charge is 0.469 e. The molecule has 22 heavy (non-hydrogen) atoms. The fourth-order valence-corrected chi connectivity index (χ4v) is 3.67. The maximum Gasteiger partial charge on any atom is 0.310 e. The van der Waals surface area contributed by atoms with Crippen LogP contribution in [-0.2, 0) is 9.53 Å². The van der Waals surface area contributed by atoms with Crippen molar-refractivity contribution in [2.24, 2.45) is 5.92 Å². The first kappa shape index (κ1) is 16.8. The molecule has 0 aromatic heterocycles. The molecule has 0 radical (unpaired) electrons. The number of thioether (sulfide) groups is 1. The molecule has 0 amide bonds. The van der Waals surface area contributed by atoms with E-state index in [2.05, 4.69) is 19.2 Å². The smallest absolute Gasteiger partial charge is 0.310 e. The van der Waals surface area contributed by atoms with Crippen LogP contribution in [0.1, 0.15) is 31.9 Å². The van der Waals surface area contributed by atoms with Crippen molar-refractivity contribution >= 4 is 23.4 Å². The van der Waals surface area contributed by atoms with Gasteiger partial charge in [0.2, 0.25) is 0 Å². The SMILES string of the molecule is COC(=O)C1CCNC1c1cc([N+](=O)[O-])ccc1SC(C)C. The minimum absolute atomic E-state index is 0.0421. The molecular formula is C15H20N2O4S. The maximum absolute atomic E-state index is 11.9. The Balaban J connectivity index is 2.43. The lowest BCUT2D eigenvalue weighted by molar-refractivity contribution is -0.385. The van der Waals surface area contributed by atoms with Gasteiger partial charge in [0, 0.05) is 28.3 Å². The Morgan fingerprint density at radius 3 is 2.82 bits per heavy atom. The minimum Gasteiger partial charge on any atom is -0.469 e. The molecule has 2 rings (SSSR count). The first-order valence-electron chi connectivity index (χ1n) is 7.20. The van der Waals surface area contributed by atoms with E-state index in [1.165, 1.54) is 13.2 Å². The standard InChI is InChI=1S/C15H20N2O4S/c1-9(2)22-13-5-4-10(17(19)20)8-12(13)14-11(6-7-16-14)15(18)21-3/h4-5,8-9,11,14,16H,6-7H2,1-3H3. The summed E-state index contributed by atoms with van der Waals surface area (Å²) in [6, 6.07) is 4.61. The zero-order valence-corrected chi connectivity index (χ0v) is 13.7. The van der Waals surface area contributed by atoms with Crippen molar-refractivity contribution < 1.29 is 14.5 Å². The van der Waals surface area contributed by atoms with Gasteiger partial charge in [-0.05, 0) is 24.6 Å². The molecule has 1 aliphatic heterocycles. The summed E-state index contributed by atoms with van der Waals surface area (Å²) < 4.78 is 4.86. The van der Waals surface area contributed by atoms with Crippen molar-refractivity contribution in [2.75, 3.05) is 13.7 Å². The molecule has 1 fully saturated rings. The molecule has 7 heteroatoms. The molecule has 0 spiro atoms. The zero-order valence-electron chi connectivity index (χ0n) is 12.9. The van der Waals surface area contributed by atoms with E-state index >= 15 is 0 Å². The number of hydrogen-bond donors (Lipinski definition) is 1. The summed E-state index contributed by atoms with van der Waals surface area (Å²) in [5.74, 6) is -0.583. The number of nitro benzene ring substituents is 1. The third kappa shape index (κ3) is 3.59. The number of carbonyl (C=O) groups is 1. The van der Waals surface area contributed by atoms with E-state index in [1.54, 1.807) is 23.9 Å². The summed E-state index contributed by atoms with van der Waals surface area (Å²) in [7, 11) is 1.37. The van der Waals surface area contributed by atoms with Crippen molar-refractivity contribution in [3.05, 3.63) is 33.9 Å². The average molecular weight is 324 g/mol. The van der Waals surface area contributed by atoms with Crippen molar-refractivity contribution in [1.29, 1.82) is 0 Å². The average Bonchev–Trinajstić information content (AvgIpc) is 2.95. The number of carbonyl (C=O) groups excluding carboxylic acids is 1. The summed E-state index contributed by atoms with van der Waals surface area (Å²) in [6.07, 6.45) is 0.672. The Morgan fingerprint density at radius 1 is 1.50 bits per heavy atom. The van der Waals surface area contributed by atoms with Crippen LogP contribution in [0.2, 0.25) is 0 Å². The van der Waals surface area contributed by atoms with Gasteiger partial charge in [-0.3, -0.25) is 14.9 Å². The lowest BCUT2D eigenvalue weighted by Gasteiger charge is -2.21. The third-order valence-electron chi connectivity index (χ3n) is 3.63. The van der Waals surface area contributed by atoms with E-state index in [0.717, 1.165) is 10.5 Å². The second kappa shape index (κ2) is 7.11. The predicted molar refractivity (Wildman–Crippen MR) is 85.0 cm³/mol. The second-order valence-corrected chi connectivity index (χ2v) is 7.11. The topological polar surface area (TPSA) is 81.5 Å². The van der Waals surface area contributed by atoms with Gasteiger partial charge < -0.3 is 10.1 Å². The molecule has 0 aliphatic carbocycles. The van der Waals surface area contributed by atoms with Gasteiger partial charge in [-0.2, -0.15) is 0 Å². The molecule has 1 saturated heterocycles. The van der Waals surface area contributed by atoms with Gasteiger partial charge in [-0.15, -0.1) is 11.8 Å². The van der Waals surface area contributed by atoms with Crippen LogP contribution in [-0.4, -0.2) is 29.8 Å². The first-order valence-corrected chi connectivity index (χ1v) is 8.08. The van der Waals surface area contributed by atoms with Gasteiger partial charge in [0.15, 0.2) is 0 Å². The summed E-state index contributed by atoms with van der Waals surface area (Å²) in [5, 5.41) is 14.7. The number of non-ortho nitro benzene ring substituents is 1.